The van der Waals surface area contributed by atoms with Crippen LogP contribution in [0.2, 0.25) is 0 Å². The van der Waals surface area contributed by atoms with Gasteiger partial charge >= 0.3 is 0 Å². The van der Waals surface area contributed by atoms with Gasteiger partial charge in [0.25, 0.3) is 0 Å². The van der Waals surface area contributed by atoms with Gasteiger partial charge in [-0.2, -0.15) is 0 Å². The molecule has 0 aromatic heterocycles. The Kier molecular flexibility index (Phi) is 1.69. The molecule has 3 atom stereocenters. The Bertz CT molecular complexity index is 154. The number of fused-ring (bicyclic) bond motifs is 1. The first-order valence-corrected chi connectivity index (χ1v) is 4.70. The summed E-state index contributed by atoms with van der Waals surface area (Å²) in [6.45, 7) is 4.58. The predicted molar refractivity (Wildman–Crippen MR) is 46.3 cm³/mol. The average molecular weight is 154 g/mol. The van der Waals surface area contributed by atoms with Crippen molar-refractivity contribution >= 4 is 0 Å². The third-order valence-corrected chi connectivity index (χ3v) is 3.48. The van der Waals surface area contributed by atoms with Crippen molar-refractivity contribution in [2.45, 2.75) is 31.7 Å². The topological polar surface area (TPSA) is 38.0 Å². The molecule has 2 fully saturated rings. The van der Waals surface area contributed by atoms with Gasteiger partial charge in [-0.05, 0) is 38.1 Å². The van der Waals surface area contributed by atoms with Gasteiger partial charge in [-0.25, -0.2) is 0 Å². The maximum Gasteiger partial charge on any atom is 0.0169 e. The minimum absolute atomic E-state index is 0.117. The van der Waals surface area contributed by atoms with Crippen LogP contribution in [0.3, 0.4) is 0 Å². The fourth-order valence-corrected chi connectivity index (χ4v) is 2.74. The zero-order chi connectivity index (χ0) is 7.90. The fourth-order valence-electron chi connectivity index (χ4n) is 2.74. The highest BCUT2D eigenvalue weighted by molar-refractivity contribution is 4.99. The Morgan fingerprint density at radius 3 is 3.00 bits per heavy atom. The number of hydrogen-bond donors (Lipinski definition) is 2. The van der Waals surface area contributed by atoms with Crippen LogP contribution in [0.15, 0.2) is 0 Å². The molecule has 64 valence electrons. The molecule has 3 N–H and O–H groups in total. The molecule has 11 heavy (non-hydrogen) atoms. The summed E-state index contributed by atoms with van der Waals surface area (Å²) in [6.07, 6.45) is 3.94. The highest BCUT2D eigenvalue weighted by atomic mass is 15.0. The van der Waals surface area contributed by atoms with Gasteiger partial charge in [0.15, 0.2) is 0 Å². The van der Waals surface area contributed by atoms with Crippen LogP contribution in [0, 0.1) is 11.8 Å². The third kappa shape index (κ3) is 1.18. The Balaban J connectivity index is 2.13. The molecule has 3 unspecified atom stereocenters. The summed E-state index contributed by atoms with van der Waals surface area (Å²) in [5.74, 6) is 1.62. The molecule has 2 heteroatoms. The van der Waals surface area contributed by atoms with Crippen LogP contribution in [0.1, 0.15) is 26.2 Å². The second-order valence-electron chi connectivity index (χ2n) is 4.42. The summed E-state index contributed by atoms with van der Waals surface area (Å²) in [7, 11) is 0. The van der Waals surface area contributed by atoms with Crippen molar-refractivity contribution in [1.29, 1.82) is 0 Å². The van der Waals surface area contributed by atoms with E-state index >= 15 is 0 Å². The molecule has 0 amide bonds. The van der Waals surface area contributed by atoms with E-state index in [0.29, 0.717) is 0 Å². The highest BCUT2D eigenvalue weighted by Gasteiger charge is 2.41. The second kappa shape index (κ2) is 2.46. The van der Waals surface area contributed by atoms with Crippen molar-refractivity contribution in [3.63, 3.8) is 0 Å². The summed E-state index contributed by atoms with van der Waals surface area (Å²) in [6, 6.07) is 0. The van der Waals surface area contributed by atoms with E-state index in [2.05, 4.69) is 12.2 Å². The van der Waals surface area contributed by atoms with Crippen molar-refractivity contribution < 1.29 is 0 Å². The molecule has 1 saturated carbocycles. The molecular formula is C9H18N2. The lowest BCUT2D eigenvalue weighted by Crippen LogP contribution is -2.49. The van der Waals surface area contributed by atoms with E-state index in [0.717, 1.165) is 18.4 Å². The van der Waals surface area contributed by atoms with Crippen molar-refractivity contribution in [2.24, 2.45) is 17.6 Å². The van der Waals surface area contributed by atoms with Crippen LogP contribution < -0.4 is 11.1 Å². The first-order valence-electron chi connectivity index (χ1n) is 4.70. The average Bonchev–Trinajstić information content (AvgIpc) is 2.34. The Hall–Kier alpha value is -0.0800. The van der Waals surface area contributed by atoms with Gasteiger partial charge in [0.05, 0.1) is 0 Å². The van der Waals surface area contributed by atoms with Crippen molar-refractivity contribution in [2.75, 3.05) is 13.1 Å². The van der Waals surface area contributed by atoms with Gasteiger partial charge in [0, 0.05) is 12.1 Å². The van der Waals surface area contributed by atoms with E-state index in [-0.39, 0.29) is 5.54 Å². The zero-order valence-corrected chi connectivity index (χ0v) is 7.27. The normalized spacial score (nSPS) is 50.7. The predicted octanol–water partition coefficient (Wildman–Crippen LogP) is 0.723. The molecule has 1 heterocycles. The molecule has 0 aromatic rings. The lowest BCUT2D eigenvalue weighted by Gasteiger charge is -2.39. The van der Waals surface area contributed by atoms with E-state index < -0.39 is 0 Å². The first-order chi connectivity index (χ1) is 5.20. The molecule has 2 rings (SSSR count). The third-order valence-electron chi connectivity index (χ3n) is 3.48. The monoisotopic (exact) mass is 154 g/mol. The lowest BCUT2D eigenvalue weighted by atomic mass is 9.70. The maximum absolute atomic E-state index is 6.22. The minimum Gasteiger partial charge on any atom is -0.325 e. The van der Waals surface area contributed by atoms with Gasteiger partial charge in [-0.1, -0.05) is 6.42 Å². The van der Waals surface area contributed by atoms with Gasteiger partial charge in [0.2, 0.25) is 0 Å². The molecule has 0 radical (unpaired) electrons. The number of hydrogen-bond acceptors (Lipinski definition) is 2. The largest absolute Gasteiger partial charge is 0.325 e. The molecule has 1 aliphatic heterocycles. The van der Waals surface area contributed by atoms with Crippen LogP contribution in [-0.4, -0.2) is 18.6 Å². The Morgan fingerprint density at radius 2 is 2.27 bits per heavy atom. The Morgan fingerprint density at radius 1 is 1.45 bits per heavy atom. The summed E-state index contributed by atoms with van der Waals surface area (Å²) in [4.78, 5) is 0. The van der Waals surface area contributed by atoms with Crippen LogP contribution in [0.4, 0.5) is 0 Å². The van der Waals surface area contributed by atoms with E-state index in [9.17, 15) is 0 Å². The molecule has 0 aromatic carbocycles. The first kappa shape index (κ1) is 7.56. The van der Waals surface area contributed by atoms with Gasteiger partial charge < -0.3 is 11.1 Å². The molecule has 0 bridgehead atoms. The van der Waals surface area contributed by atoms with Crippen LogP contribution in [-0.2, 0) is 0 Å². The molecular weight excluding hydrogens is 136 g/mol. The summed E-state index contributed by atoms with van der Waals surface area (Å²) < 4.78 is 0. The number of rotatable bonds is 0. The van der Waals surface area contributed by atoms with E-state index in [1.54, 1.807) is 0 Å². The fraction of sp³-hybridized carbons (Fsp3) is 1.00. The minimum atomic E-state index is 0.117. The molecule has 2 aliphatic rings. The van der Waals surface area contributed by atoms with Crippen molar-refractivity contribution in [1.82, 2.24) is 5.32 Å². The molecule has 2 nitrogen and oxygen atoms in total. The summed E-state index contributed by atoms with van der Waals surface area (Å²) in [5, 5.41) is 3.44. The molecule has 1 aliphatic carbocycles. The van der Waals surface area contributed by atoms with E-state index in [1.165, 1.54) is 25.8 Å². The summed E-state index contributed by atoms with van der Waals surface area (Å²) in [5.41, 5.74) is 6.34. The van der Waals surface area contributed by atoms with Gasteiger partial charge in [-0.3, -0.25) is 0 Å². The molecule has 0 spiro atoms. The van der Waals surface area contributed by atoms with Crippen molar-refractivity contribution in [3.8, 4) is 0 Å². The van der Waals surface area contributed by atoms with Gasteiger partial charge in [0.1, 0.15) is 0 Å². The van der Waals surface area contributed by atoms with Crippen LogP contribution >= 0.6 is 0 Å². The van der Waals surface area contributed by atoms with Crippen LogP contribution in [0.25, 0.3) is 0 Å². The van der Waals surface area contributed by atoms with Crippen LogP contribution in [0.5, 0.6) is 0 Å². The van der Waals surface area contributed by atoms with E-state index in [1.807, 2.05) is 0 Å². The Labute approximate surface area is 68.5 Å². The second-order valence-corrected chi connectivity index (χ2v) is 4.42. The molecule has 1 saturated heterocycles. The maximum atomic E-state index is 6.22. The van der Waals surface area contributed by atoms with E-state index in [4.69, 9.17) is 5.73 Å². The van der Waals surface area contributed by atoms with Crippen molar-refractivity contribution in [3.05, 3.63) is 0 Å². The van der Waals surface area contributed by atoms with Gasteiger partial charge in [-0.15, -0.1) is 0 Å². The quantitative estimate of drug-likeness (QED) is 0.539. The standard InChI is InChI=1S/C9H18N2/c1-9(10)4-2-3-7-5-11-6-8(7)9/h7-8,11H,2-6,10H2,1H3. The smallest absolute Gasteiger partial charge is 0.0169 e. The highest BCUT2D eigenvalue weighted by Crippen LogP contribution is 2.37. The number of nitrogens with one attached hydrogen (secondary N) is 1. The SMILES string of the molecule is CC1(N)CCCC2CNCC21. The number of nitrogens with two attached hydrogens (primary N) is 1. The lowest BCUT2D eigenvalue weighted by molar-refractivity contribution is 0.176. The summed E-state index contributed by atoms with van der Waals surface area (Å²) >= 11 is 0. The zero-order valence-electron chi connectivity index (χ0n) is 7.27.